The molecule has 0 aliphatic rings. The average molecular weight is 264 g/mol. The summed E-state index contributed by atoms with van der Waals surface area (Å²) in [5, 5.41) is 17.9. The standard InChI is InChI=1S/C12H14ClN5/c1-8(2)11-16-10(13)9(3)12(17-11)18(6-4-14)7-5-15/h8H,6-7H2,1-3H3. The highest BCUT2D eigenvalue weighted by Crippen LogP contribution is 2.25. The van der Waals surface area contributed by atoms with Gasteiger partial charge in [-0.25, -0.2) is 9.97 Å². The SMILES string of the molecule is Cc1c(Cl)nc(C(C)C)nc1N(CC#N)CC#N. The van der Waals surface area contributed by atoms with Crippen LogP contribution < -0.4 is 4.90 Å². The lowest BCUT2D eigenvalue weighted by Crippen LogP contribution is -2.26. The predicted molar refractivity (Wildman–Crippen MR) is 69.3 cm³/mol. The molecule has 0 spiro atoms. The molecule has 0 aromatic carbocycles. The van der Waals surface area contributed by atoms with E-state index in [1.54, 1.807) is 11.8 Å². The van der Waals surface area contributed by atoms with Gasteiger partial charge in [-0.15, -0.1) is 0 Å². The molecule has 0 unspecified atom stereocenters. The van der Waals surface area contributed by atoms with E-state index in [-0.39, 0.29) is 19.0 Å². The van der Waals surface area contributed by atoms with Crippen molar-refractivity contribution in [3.8, 4) is 12.1 Å². The van der Waals surface area contributed by atoms with E-state index in [1.165, 1.54) is 0 Å². The number of hydrogen-bond donors (Lipinski definition) is 0. The first-order chi connectivity index (χ1) is 8.51. The van der Waals surface area contributed by atoms with Crippen molar-refractivity contribution in [3.05, 3.63) is 16.5 Å². The quantitative estimate of drug-likeness (QED) is 0.616. The molecule has 0 bridgehead atoms. The molecule has 0 radical (unpaired) electrons. The first-order valence-electron chi connectivity index (χ1n) is 5.54. The summed E-state index contributed by atoms with van der Waals surface area (Å²) in [5.41, 5.74) is 0.687. The predicted octanol–water partition coefficient (Wildman–Crippen LogP) is 2.42. The van der Waals surface area contributed by atoms with Gasteiger partial charge in [-0.3, -0.25) is 0 Å². The number of halogens is 1. The van der Waals surface area contributed by atoms with Crippen molar-refractivity contribution in [2.24, 2.45) is 0 Å². The zero-order valence-corrected chi connectivity index (χ0v) is 11.4. The van der Waals surface area contributed by atoms with Crippen molar-refractivity contribution >= 4 is 17.4 Å². The Kier molecular flexibility index (Phi) is 4.88. The average Bonchev–Trinajstić information content (AvgIpc) is 2.32. The molecule has 0 fully saturated rings. The van der Waals surface area contributed by atoms with Crippen molar-refractivity contribution < 1.29 is 0 Å². The molecule has 0 amide bonds. The van der Waals surface area contributed by atoms with E-state index in [0.717, 1.165) is 0 Å². The Balaban J connectivity index is 3.28. The van der Waals surface area contributed by atoms with Crippen molar-refractivity contribution in [2.75, 3.05) is 18.0 Å². The smallest absolute Gasteiger partial charge is 0.138 e. The van der Waals surface area contributed by atoms with Crippen LogP contribution in [-0.4, -0.2) is 23.1 Å². The van der Waals surface area contributed by atoms with Gasteiger partial charge in [0.25, 0.3) is 0 Å². The maximum Gasteiger partial charge on any atom is 0.138 e. The van der Waals surface area contributed by atoms with Crippen LogP contribution in [-0.2, 0) is 0 Å². The zero-order chi connectivity index (χ0) is 13.7. The van der Waals surface area contributed by atoms with Crippen molar-refractivity contribution in [3.63, 3.8) is 0 Å². The molecule has 0 aliphatic carbocycles. The Morgan fingerprint density at radius 1 is 1.22 bits per heavy atom. The molecule has 6 heteroatoms. The van der Waals surface area contributed by atoms with E-state index >= 15 is 0 Å². The summed E-state index contributed by atoms with van der Waals surface area (Å²) >= 11 is 6.06. The summed E-state index contributed by atoms with van der Waals surface area (Å²) in [5.74, 6) is 1.30. The van der Waals surface area contributed by atoms with Gasteiger partial charge in [-0.05, 0) is 6.92 Å². The summed E-state index contributed by atoms with van der Waals surface area (Å²) in [7, 11) is 0. The normalized spacial score (nSPS) is 9.94. The number of aromatic nitrogens is 2. The number of hydrogen-bond acceptors (Lipinski definition) is 5. The molecule has 94 valence electrons. The second-order valence-electron chi connectivity index (χ2n) is 4.15. The van der Waals surface area contributed by atoms with Crippen LogP contribution >= 0.6 is 11.6 Å². The first-order valence-corrected chi connectivity index (χ1v) is 5.92. The van der Waals surface area contributed by atoms with Gasteiger partial charge in [0.05, 0.1) is 12.1 Å². The van der Waals surface area contributed by atoms with Crippen LogP contribution in [0.2, 0.25) is 5.15 Å². The lowest BCUT2D eigenvalue weighted by Gasteiger charge is -2.20. The van der Waals surface area contributed by atoms with Crippen LogP contribution in [0.4, 0.5) is 5.82 Å². The van der Waals surface area contributed by atoms with Crippen LogP contribution in [0.25, 0.3) is 0 Å². The maximum absolute atomic E-state index is 8.79. The Morgan fingerprint density at radius 3 is 2.22 bits per heavy atom. The molecular formula is C12H14ClN5. The maximum atomic E-state index is 8.79. The lowest BCUT2D eigenvalue weighted by atomic mass is 10.2. The molecule has 1 heterocycles. The fraction of sp³-hybridized carbons (Fsp3) is 0.500. The van der Waals surface area contributed by atoms with Crippen molar-refractivity contribution in [1.82, 2.24) is 9.97 Å². The highest BCUT2D eigenvalue weighted by molar-refractivity contribution is 6.30. The molecular weight excluding hydrogens is 250 g/mol. The third kappa shape index (κ3) is 3.09. The number of anilines is 1. The first kappa shape index (κ1) is 14.2. The fourth-order valence-corrected chi connectivity index (χ4v) is 1.61. The molecule has 0 saturated carbocycles. The van der Waals surface area contributed by atoms with Crippen molar-refractivity contribution in [2.45, 2.75) is 26.7 Å². The lowest BCUT2D eigenvalue weighted by molar-refractivity contribution is 0.761. The van der Waals surface area contributed by atoms with Crippen LogP contribution in [0.15, 0.2) is 0 Å². The van der Waals surface area contributed by atoms with Crippen molar-refractivity contribution in [1.29, 1.82) is 10.5 Å². The highest BCUT2D eigenvalue weighted by atomic mass is 35.5. The van der Waals surface area contributed by atoms with E-state index in [4.69, 9.17) is 22.1 Å². The second-order valence-corrected chi connectivity index (χ2v) is 4.51. The van der Waals surface area contributed by atoms with Gasteiger partial charge >= 0.3 is 0 Å². The fourth-order valence-electron chi connectivity index (χ4n) is 1.44. The Hall–Kier alpha value is -1.85. The molecule has 1 rings (SSSR count). The third-order valence-corrected chi connectivity index (χ3v) is 2.79. The van der Waals surface area contributed by atoms with Gasteiger partial charge in [0, 0.05) is 11.5 Å². The third-order valence-electron chi connectivity index (χ3n) is 2.42. The molecule has 18 heavy (non-hydrogen) atoms. The van der Waals surface area contributed by atoms with E-state index in [0.29, 0.717) is 22.4 Å². The van der Waals surface area contributed by atoms with E-state index < -0.39 is 0 Å². The number of nitrogens with zero attached hydrogens (tertiary/aromatic N) is 5. The van der Waals surface area contributed by atoms with Crippen LogP contribution in [0, 0.1) is 29.6 Å². The molecule has 0 N–H and O–H groups in total. The monoisotopic (exact) mass is 263 g/mol. The van der Waals surface area contributed by atoms with Gasteiger partial charge in [-0.2, -0.15) is 10.5 Å². The zero-order valence-electron chi connectivity index (χ0n) is 10.6. The molecule has 1 aromatic heterocycles. The van der Waals surface area contributed by atoms with Crippen LogP contribution in [0.1, 0.15) is 31.2 Å². The van der Waals surface area contributed by atoms with E-state index in [2.05, 4.69) is 9.97 Å². The molecule has 0 saturated heterocycles. The highest BCUT2D eigenvalue weighted by Gasteiger charge is 2.16. The van der Waals surface area contributed by atoms with Gasteiger partial charge in [0.15, 0.2) is 0 Å². The Morgan fingerprint density at radius 2 is 1.78 bits per heavy atom. The summed E-state index contributed by atoms with van der Waals surface area (Å²) in [4.78, 5) is 10.2. The second kappa shape index (κ2) is 6.18. The minimum absolute atomic E-state index is 0.0965. The summed E-state index contributed by atoms with van der Waals surface area (Å²) in [6.07, 6.45) is 0. The van der Waals surface area contributed by atoms with E-state index in [9.17, 15) is 0 Å². The Labute approximate surface area is 112 Å². The number of rotatable bonds is 4. The van der Waals surface area contributed by atoms with Gasteiger partial charge in [0.1, 0.15) is 29.9 Å². The molecule has 0 aliphatic heterocycles. The van der Waals surface area contributed by atoms with E-state index in [1.807, 2.05) is 26.0 Å². The van der Waals surface area contributed by atoms with Crippen LogP contribution in [0.5, 0.6) is 0 Å². The molecule has 0 atom stereocenters. The topological polar surface area (TPSA) is 76.6 Å². The number of nitriles is 2. The summed E-state index contributed by atoms with van der Waals surface area (Å²) < 4.78 is 0. The summed E-state index contributed by atoms with van der Waals surface area (Å²) in [6.45, 7) is 5.90. The molecule has 5 nitrogen and oxygen atoms in total. The van der Waals surface area contributed by atoms with Crippen LogP contribution in [0.3, 0.4) is 0 Å². The summed E-state index contributed by atoms with van der Waals surface area (Å²) in [6, 6.07) is 4.04. The van der Waals surface area contributed by atoms with Gasteiger partial charge in [-0.1, -0.05) is 25.4 Å². The minimum Gasteiger partial charge on any atom is -0.330 e. The largest absolute Gasteiger partial charge is 0.330 e. The van der Waals surface area contributed by atoms with Gasteiger partial charge in [0.2, 0.25) is 0 Å². The minimum atomic E-state index is 0.0965. The van der Waals surface area contributed by atoms with Gasteiger partial charge < -0.3 is 4.90 Å². The molecule has 1 aromatic rings. The Bertz CT molecular complexity index is 496.